The summed E-state index contributed by atoms with van der Waals surface area (Å²) in [5, 5.41) is 10.4. The van der Waals surface area contributed by atoms with E-state index in [0.717, 1.165) is 25.7 Å². The minimum absolute atomic E-state index is 0.00348. The summed E-state index contributed by atoms with van der Waals surface area (Å²) in [5.74, 6) is -1.89. The highest BCUT2D eigenvalue weighted by atomic mass is 32.2. The highest BCUT2D eigenvalue weighted by molar-refractivity contribution is 8.02. The highest BCUT2D eigenvalue weighted by Crippen LogP contribution is 2.67. The molecule has 2 amide bonds. The summed E-state index contributed by atoms with van der Waals surface area (Å²) >= 11 is 1.63. The first kappa shape index (κ1) is 27.8. The van der Waals surface area contributed by atoms with Gasteiger partial charge in [-0.1, -0.05) is 52.3 Å². The van der Waals surface area contributed by atoms with Crippen LogP contribution in [0.3, 0.4) is 0 Å². The monoisotopic (exact) mass is 506 g/mol. The molecule has 3 unspecified atom stereocenters. The zero-order chi connectivity index (χ0) is 25.9. The van der Waals surface area contributed by atoms with Crippen molar-refractivity contribution in [1.82, 2.24) is 9.80 Å². The van der Waals surface area contributed by atoms with E-state index >= 15 is 0 Å². The Morgan fingerprint density at radius 2 is 2.03 bits per heavy atom. The molecule has 196 valence electrons. The van der Waals surface area contributed by atoms with Crippen LogP contribution in [0.25, 0.3) is 0 Å². The number of likely N-dealkylation sites (tertiary alicyclic amines) is 1. The average Bonchev–Trinajstić information content (AvgIpc) is 3.48. The maximum atomic E-state index is 14.4. The van der Waals surface area contributed by atoms with E-state index in [2.05, 4.69) is 20.1 Å². The van der Waals surface area contributed by atoms with Crippen molar-refractivity contribution >= 4 is 29.5 Å². The van der Waals surface area contributed by atoms with Crippen LogP contribution in [0.4, 0.5) is 0 Å². The van der Waals surface area contributed by atoms with Gasteiger partial charge >= 0.3 is 5.97 Å². The molecule has 0 aromatic rings. The van der Waals surface area contributed by atoms with Crippen molar-refractivity contribution in [2.24, 2.45) is 17.8 Å². The minimum Gasteiger partial charge on any atom is -0.461 e. The fraction of sp³-hybridized carbons (Fsp3) is 0.741. The van der Waals surface area contributed by atoms with Crippen LogP contribution in [0.5, 0.6) is 0 Å². The third-order valence-corrected chi connectivity index (χ3v) is 10.2. The number of aliphatic hydroxyl groups excluding tert-OH is 1. The molecular formula is C27H42N2O5S. The number of hydrogen-bond acceptors (Lipinski definition) is 6. The summed E-state index contributed by atoms with van der Waals surface area (Å²) in [6.45, 7) is 15.9. The van der Waals surface area contributed by atoms with Crippen LogP contribution in [0.1, 0.15) is 59.8 Å². The molecule has 3 saturated heterocycles. The van der Waals surface area contributed by atoms with E-state index in [9.17, 15) is 19.5 Å². The number of nitrogens with zero attached hydrogens (tertiary/aromatic N) is 2. The number of hydrogen-bond donors (Lipinski definition) is 1. The van der Waals surface area contributed by atoms with Crippen molar-refractivity contribution in [2.75, 3.05) is 19.8 Å². The third-order valence-electron chi connectivity index (χ3n) is 8.28. The Bertz CT molecular complexity index is 834. The van der Waals surface area contributed by atoms with E-state index < -0.39 is 28.7 Å². The fourth-order valence-electron chi connectivity index (χ4n) is 6.40. The first-order valence-electron chi connectivity index (χ1n) is 13.0. The second-order valence-corrected chi connectivity index (χ2v) is 11.9. The lowest BCUT2D eigenvalue weighted by Crippen LogP contribution is -2.59. The maximum absolute atomic E-state index is 14.4. The Morgan fingerprint density at radius 3 is 2.60 bits per heavy atom. The molecule has 0 radical (unpaired) electrons. The summed E-state index contributed by atoms with van der Waals surface area (Å²) in [6, 6.07) is -1.22. The van der Waals surface area contributed by atoms with Crippen molar-refractivity contribution in [3.8, 4) is 0 Å². The zero-order valence-electron chi connectivity index (χ0n) is 21.7. The van der Waals surface area contributed by atoms with Crippen LogP contribution in [-0.2, 0) is 19.1 Å². The number of thioether (sulfide) groups is 1. The molecule has 3 aliphatic rings. The smallest absolute Gasteiger partial charge is 0.311 e. The van der Waals surface area contributed by atoms with Gasteiger partial charge in [-0.2, -0.15) is 0 Å². The van der Waals surface area contributed by atoms with Gasteiger partial charge in [0.25, 0.3) is 0 Å². The Morgan fingerprint density at radius 1 is 1.31 bits per heavy atom. The maximum Gasteiger partial charge on any atom is 0.311 e. The molecule has 0 aromatic heterocycles. The number of ether oxygens (including phenoxy) is 1. The second-order valence-electron chi connectivity index (χ2n) is 10.3. The fourth-order valence-corrected chi connectivity index (χ4v) is 8.59. The molecule has 35 heavy (non-hydrogen) atoms. The van der Waals surface area contributed by atoms with Crippen LogP contribution in [0, 0.1) is 17.8 Å². The van der Waals surface area contributed by atoms with Gasteiger partial charge in [0.15, 0.2) is 0 Å². The van der Waals surface area contributed by atoms with E-state index in [-0.39, 0.29) is 48.2 Å². The quantitative estimate of drug-likeness (QED) is 0.304. The number of esters is 1. The molecule has 3 heterocycles. The van der Waals surface area contributed by atoms with Gasteiger partial charge in [-0.3, -0.25) is 14.4 Å². The summed E-state index contributed by atoms with van der Waals surface area (Å²) in [5.41, 5.74) is 0. The van der Waals surface area contributed by atoms with E-state index in [1.807, 2.05) is 25.7 Å². The Kier molecular flexibility index (Phi) is 9.13. The Labute approximate surface area is 214 Å². The molecule has 0 aromatic carbocycles. The topological polar surface area (TPSA) is 87.2 Å². The lowest BCUT2D eigenvalue weighted by atomic mass is 9.71. The van der Waals surface area contributed by atoms with Crippen LogP contribution in [0.2, 0.25) is 0 Å². The molecule has 8 atom stereocenters. The van der Waals surface area contributed by atoms with Crippen LogP contribution in [-0.4, -0.2) is 80.6 Å². The van der Waals surface area contributed by atoms with Gasteiger partial charge in [-0.05, 0) is 32.1 Å². The standard InChI is InChI=1S/C27H42N2O5S/c1-7-11-18(6)28(14-8-2)25(32)23-27-13-12-20(35-27)21(26(33)34-15-9-3)22(27)24(31)29(23)19(16-30)17(5)10-4/h8-9,17-23,30H,2-3,7,10-16H2,1,4-6H3/t17-,18?,19-,20-,21+,22-,23?,27?/m0/s1. The van der Waals surface area contributed by atoms with Crippen LogP contribution < -0.4 is 0 Å². The van der Waals surface area contributed by atoms with Crippen molar-refractivity contribution in [3.63, 3.8) is 0 Å². The molecule has 0 aliphatic carbocycles. The molecule has 8 heteroatoms. The Hall–Kier alpha value is -1.80. The van der Waals surface area contributed by atoms with Gasteiger partial charge in [0.05, 0.1) is 29.2 Å². The van der Waals surface area contributed by atoms with Crippen molar-refractivity contribution in [3.05, 3.63) is 25.3 Å². The summed E-state index contributed by atoms with van der Waals surface area (Å²) in [4.78, 5) is 45.1. The predicted octanol–water partition coefficient (Wildman–Crippen LogP) is 3.42. The van der Waals surface area contributed by atoms with Crippen molar-refractivity contribution in [1.29, 1.82) is 0 Å². The van der Waals surface area contributed by atoms with Crippen LogP contribution in [0.15, 0.2) is 25.3 Å². The number of amides is 2. The van der Waals surface area contributed by atoms with Gasteiger partial charge in [-0.25, -0.2) is 0 Å². The van der Waals surface area contributed by atoms with Crippen molar-refractivity contribution in [2.45, 2.75) is 87.9 Å². The largest absolute Gasteiger partial charge is 0.461 e. The normalized spacial score (nSPS) is 31.6. The van der Waals surface area contributed by atoms with E-state index in [4.69, 9.17) is 4.74 Å². The molecule has 0 saturated carbocycles. The molecular weight excluding hydrogens is 464 g/mol. The second kappa shape index (κ2) is 11.5. The van der Waals surface area contributed by atoms with E-state index in [1.165, 1.54) is 6.08 Å². The summed E-state index contributed by atoms with van der Waals surface area (Å²) in [6.07, 6.45) is 7.25. The molecule has 1 spiro atoms. The van der Waals surface area contributed by atoms with Gasteiger partial charge in [0, 0.05) is 17.8 Å². The minimum atomic E-state index is -0.724. The highest BCUT2D eigenvalue weighted by Gasteiger charge is 2.75. The van der Waals surface area contributed by atoms with Crippen molar-refractivity contribution < 1.29 is 24.2 Å². The van der Waals surface area contributed by atoms with E-state index in [1.54, 1.807) is 22.7 Å². The van der Waals surface area contributed by atoms with E-state index in [0.29, 0.717) is 13.0 Å². The summed E-state index contributed by atoms with van der Waals surface area (Å²) < 4.78 is 4.73. The SMILES string of the molecule is C=CCOC(=O)[C@@H]1[C@@H]2CCC3(S2)C(C(=O)N(CC=C)C(C)CCC)N([C@@H](CO)[C@@H](C)CC)C(=O)[C@H]13. The lowest BCUT2D eigenvalue weighted by molar-refractivity contribution is -0.154. The first-order chi connectivity index (χ1) is 16.7. The Balaban J connectivity index is 2.10. The first-order valence-corrected chi connectivity index (χ1v) is 13.9. The molecule has 7 nitrogen and oxygen atoms in total. The number of aliphatic hydroxyl groups is 1. The van der Waals surface area contributed by atoms with Gasteiger partial charge < -0.3 is 19.6 Å². The number of carbonyl (C=O) groups excluding carboxylic acids is 3. The van der Waals surface area contributed by atoms with Crippen LogP contribution >= 0.6 is 11.8 Å². The molecule has 3 aliphatic heterocycles. The average molecular weight is 507 g/mol. The summed E-state index contributed by atoms with van der Waals surface area (Å²) in [7, 11) is 0. The predicted molar refractivity (Wildman–Crippen MR) is 139 cm³/mol. The molecule has 1 N–H and O–H groups in total. The molecule has 2 bridgehead atoms. The number of rotatable bonds is 13. The number of carbonyl (C=O) groups is 3. The van der Waals surface area contributed by atoms with Gasteiger partial charge in [-0.15, -0.1) is 18.3 Å². The van der Waals surface area contributed by atoms with Gasteiger partial charge in [0.1, 0.15) is 12.6 Å². The van der Waals surface area contributed by atoms with Gasteiger partial charge in [0.2, 0.25) is 11.8 Å². The zero-order valence-corrected chi connectivity index (χ0v) is 22.5. The molecule has 3 rings (SSSR count). The molecule has 3 fully saturated rings. The third kappa shape index (κ3) is 4.68. The lowest BCUT2D eigenvalue weighted by Gasteiger charge is -2.42. The number of fused-ring (bicyclic) bond motifs is 1.